The highest BCUT2D eigenvalue weighted by molar-refractivity contribution is 5.18. The van der Waals surface area contributed by atoms with Crippen molar-refractivity contribution in [2.75, 3.05) is 19.6 Å². The van der Waals surface area contributed by atoms with Gasteiger partial charge in [-0.1, -0.05) is 20.3 Å². The Labute approximate surface area is 126 Å². The molecule has 1 aromatic rings. The lowest BCUT2D eigenvalue weighted by Gasteiger charge is -2.36. The monoisotopic (exact) mass is 296 g/mol. The average molecular weight is 296 g/mol. The molecule has 1 aliphatic heterocycles. The van der Waals surface area contributed by atoms with Crippen molar-refractivity contribution >= 4 is 0 Å². The Balaban J connectivity index is 1.96. The van der Waals surface area contributed by atoms with Gasteiger partial charge in [-0.25, -0.2) is 8.78 Å². The third-order valence-corrected chi connectivity index (χ3v) is 4.06. The third kappa shape index (κ3) is 5.04. The van der Waals surface area contributed by atoms with E-state index in [1.54, 1.807) is 0 Å². The number of nitrogens with zero attached hydrogens (tertiary/aromatic N) is 1. The van der Waals surface area contributed by atoms with Crippen LogP contribution in [-0.2, 0) is 6.54 Å². The minimum atomic E-state index is -0.363. The van der Waals surface area contributed by atoms with Crippen molar-refractivity contribution in [3.63, 3.8) is 0 Å². The highest BCUT2D eigenvalue weighted by Gasteiger charge is 2.23. The van der Waals surface area contributed by atoms with Crippen LogP contribution in [0.5, 0.6) is 0 Å². The van der Waals surface area contributed by atoms with Crippen LogP contribution in [-0.4, -0.2) is 30.6 Å². The second-order valence-electron chi connectivity index (χ2n) is 6.41. The maximum Gasteiger partial charge on any atom is 0.127 e. The third-order valence-electron chi connectivity index (χ3n) is 4.06. The Kier molecular flexibility index (Phi) is 6.12. The molecule has 1 saturated heterocycles. The number of halogens is 2. The van der Waals surface area contributed by atoms with Gasteiger partial charge in [0, 0.05) is 24.7 Å². The Morgan fingerprint density at radius 3 is 2.86 bits per heavy atom. The molecule has 1 aliphatic rings. The summed E-state index contributed by atoms with van der Waals surface area (Å²) in [5.41, 5.74) is 0.464. The molecule has 2 rings (SSSR count). The van der Waals surface area contributed by atoms with E-state index >= 15 is 0 Å². The zero-order valence-electron chi connectivity index (χ0n) is 13.0. The van der Waals surface area contributed by atoms with Crippen LogP contribution in [0.3, 0.4) is 0 Å². The molecule has 0 aromatic heterocycles. The Hall–Kier alpha value is -1.00. The summed E-state index contributed by atoms with van der Waals surface area (Å²) in [6.07, 6.45) is 3.48. The summed E-state index contributed by atoms with van der Waals surface area (Å²) in [4.78, 5) is 2.29. The van der Waals surface area contributed by atoms with E-state index in [1.807, 2.05) is 0 Å². The molecule has 0 radical (unpaired) electrons. The predicted molar refractivity (Wildman–Crippen MR) is 82.1 cm³/mol. The maximum absolute atomic E-state index is 13.8. The van der Waals surface area contributed by atoms with Gasteiger partial charge in [0.2, 0.25) is 0 Å². The molecule has 1 atom stereocenters. The van der Waals surface area contributed by atoms with Gasteiger partial charge in [-0.15, -0.1) is 0 Å². The van der Waals surface area contributed by atoms with Crippen molar-refractivity contribution < 1.29 is 8.78 Å². The van der Waals surface area contributed by atoms with Crippen LogP contribution in [0, 0.1) is 17.6 Å². The first kappa shape index (κ1) is 16.4. The number of hydrogen-bond donors (Lipinski definition) is 1. The van der Waals surface area contributed by atoms with Crippen LogP contribution in [0.4, 0.5) is 8.78 Å². The zero-order chi connectivity index (χ0) is 15.2. The molecule has 1 N–H and O–H groups in total. The summed E-state index contributed by atoms with van der Waals surface area (Å²) >= 11 is 0. The van der Waals surface area contributed by atoms with E-state index in [9.17, 15) is 8.78 Å². The molecular formula is C17H26F2N2. The molecule has 0 amide bonds. The van der Waals surface area contributed by atoms with E-state index < -0.39 is 0 Å². The van der Waals surface area contributed by atoms with Crippen molar-refractivity contribution in [1.29, 1.82) is 0 Å². The second kappa shape index (κ2) is 7.85. The van der Waals surface area contributed by atoms with Crippen LogP contribution < -0.4 is 5.32 Å². The van der Waals surface area contributed by atoms with Gasteiger partial charge < -0.3 is 5.32 Å². The van der Waals surface area contributed by atoms with Crippen LogP contribution in [0.1, 0.15) is 38.7 Å². The van der Waals surface area contributed by atoms with Gasteiger partial charge in [0.25, 0.3) is 0 Å². The Morgan fingerprint density at radius 1 is 1.29 bits per heavy atom. The lowest BCUT2D eigenvalue weighted by molar-refractivity contribution is 0.135. The number of nitrogens with one attached hydrogen (secondary N) is 1. The lowest BCUT2D eigenvalue weighted by Crippen LogP contribution is -2.45. The van der Waals surface area contributed by atoms with E-state index in [1.165, 1.54) is 24.6 Å². The molecule has 118 valence electrons. The highest BCUT2D eigenvalue weighted by Crippen LogP contribution is 2.21. The first-order valence-electron chi connectivity index (χ1n) is 7.95. The van der Waals surface area contributed by atoms with Crippen molar-refractivity contribution in [3.8, 4) is 0 Å². The largest absolute Gasteiger partial charge is 0.315 e. The van der Waals surface area contributed by atoms with Crippen LogP contribution in [0.15, 0.2) is 18.2 Å². The van der Waals surface area contributed by atoms with Gasteiger partial charge in [0.1, 0.15) is 11.6 Å². The van der Waals surface area contributed by atoms with Crippen molar-refractivity contribution in [1.82, 2.24) is 10.2 Å². The van der Waals surface area contributed by atoms with E-state index in [2.05, 4.69) is 24.1 Å². The van der Waals surface area contributed by atoms with Crippen molar-refractivity contribution in [2.24, 2.45) is 5.92 Å². The number of benzene rings is 1. The number of rotatable bonds is 6. The summed E-state index contributed by atoms with van der Waals surface area (Å²) in [6, 6.07) is 4.14. The molecular weight excluding hydrogens is 270 g/mol. The highest BCUT2D eigenvalue weighted by atomic mass is 19.1. The molecule has 21 heavy (non-hydrogen) atoms. The number of hydrogen-bond acceptors (Lipinski definition) is 2. The van der Waals surface area contributed by atoms with Crippen molar-refractivity contribution in [2.45, 2.75) is 45.7 Å². The maximum atomic E-state index is 13.8. The first-order valence-corrected chi connectivity index (χ1v) is 7.95. The molecule has 0 bridgehead atoms. The molecule has 2 nitrogen and oxygen atoms in total. The molecule has 0 spiro atoms. The van der Waals surface area contributed by atoms with Gasteiger partial charge in [0.05, 0.1) is 0 Å². The van der Waals surface area contributed by atoms with Gasteiger partial charge in [-0.05, 0) is 50.0 Å². The fraction of sp³-hybridized carbons (Fsp3) is 0.647. The topological polar surface area (TPSA) is 15.3 Å². The summed E-state index contributed by atoms with van der Waals surface area (Å²) in [5, 5.41) is 3.49. The predicted octanol–water partition coefficient (Wildman–Crippen LogP) is 3.56. The van der Waals surface area contributed by atoms with E-state index in [4.69, 9.17) is 0 Å². The van der Waals surface area contributed by atoms with Crippen LogP contribution in [0.25, 0.3) is 0 Å². The molecule has 1 heterocycles. The van der Waals surface area contributed by atoms with Gasteiger partial charge >= 0.3 is 0 Å². The molecule has 1 fully saturated rings. The average Bonchev–Trinajstić information content (AvgIpc) is 2.44. The number of likely N-dealkylation sites (tertiary alicyclic amines) is 1. The molecule has 0 saturated carbocycles. The quantitative estimate of drug-likeness (QED) is 0.863. The second-order valence-corrected chi connectivity index (χ2v) is 6.41. The smallest absolute Gasteiger partial charge is 0.127 e. The first-order chi connectivity index (χ1) is 10.1. The van der Waals surface area contributed by atoms with Gasteiger partial charge in [0.15, 0.2) is 0 Å². The van der Waals surface area contributed by atoms with Gasteiger partial charge in [-0.3, -0.25) is 4.90 Å². The minimum Gasteiger partial charge on any atom is -0.315 e. The normalized spacial score (nSPS) is 20.1. The Bertz CT molecular complexity index is 448. The summed E-state index contributed by atoms with van der Waals surface area (Å²) < 4.78 is 27.1. The summed E-state index contributed by atoms with van der Waals surface area (Å²) in [7, 11) is 0. The molecule has 0 aliphatic carbocycles. The molecule has 1 aromatic carbocycles. The van der Waals surface area contributed by atoms with Crippen LogP contribution >= 0.6 is 0 Å². The SMILES string of the molecule is CC(C)CNCC1CCCCN1Cc1cc(F)ccc1F. The van der Waals surface area contributed by atoms with Crippen LogP contribution in [0.2, 0.25) is 0 Å². The van der Waals surface area contributed by atoms with E-state index in [0.717, 1.165) is 32.5 Å². The molecule has 4 heteroatoms. The summed E-state index contributed by atoms with van der Waals surface area (Å²) in [5.74, 6) is -0.0449. The zero-order valence-corrected chi connectivity index (χ0v) is 13.0. The van der Waals surface area contributed by atoms with E-state index in [0.29, 0.717) is 24.1 Å². The standard InChI is InChI=1S/C17H26F2N2/c1-13(2)10-20-11-16-5-3-4-8-21(16)12-14-9-15(18)6-7-17(14)19/h6-7,9,13,16,20H,3-5,8,10-12H2,1-2H3. The van der Waals surface area contributed by atoms with Crippen molar-refractivity contribution in [3.05, 3.63) is 35.4 Å². The molecule has 1 unspecified atom stereocenters. The fourth-order valence-electron chi connectivity index (χ4n) is 2.92. The number of piperidine rings is 1. The fourth-order valence-corrected chi connectivity index (χ4v) is 2.92. The van der Waals surface area contributed by atoms with E-state index in [-0.39, 0.29) is 11.6 Å². The lowest BCUT2D eigenvalue weighted by atomic mass is 10.0. The van der Waals surface area contributed by atoms with Gasteiger partial charge in [-0.2, -0.15) is 0 Å². The summed E-state index contributed by atoms with van der Waals surface area (Å²) in [6.45, 7) is 7.76. The Morgan fingerprint density at radius 2 is 2.10 bits per heavy atom. The minimum absolute atomic E-state index is 0.309.